The number of hydrogen-bond acceptors (Lipinski definition) is 1. The quantitative estimate of drug-likeness (QED) is 0.334. The molecule has 4 aromatic rings. The number of rotatable bonds is 0. The van der Waals surface area contributed by atoms with Gasteiger partial charge in [-0.2, -0.15) is 0 Å². The third-order valence-corrected chi connectivity index (χ3v) is 6.64. The van der Waals surface area contributed by atoms with Crippen molar-refractivity contribution in [1.82, 2.24) is 4.98 Å². The summed E-state index contributed by atoms with van der Waals surface area (Å²) in [5.74, 6) is 0. The Morgan fingerprint density at radius 2 is 1.55 bits per heavy atom. The normalized spacial score (nSPS) is 16.5. The van der Waals surface area contributed by atoms with Crippen molar-refractivity contribution in [3.63, 3.8) is 0 Å². The largest absolute Gasteiger partial charge is 0.322 e. The lowest BCUT2D eigenvalue weighted by molar-refractivity contribution is 0.432. The van der Waals surface area contributed by atoms with Gasteiger partial charge >= 0.3 is 0 Å². The van der Waals surface area contributed by atoms with Crippen molar-refractivity contribution < 1.29 is 0 Å². The fraction of sp³-hybridized carbons (Fsp3) is 0.207. The van der Waals surface area contributed by atoms with Crippen molar-refractivity contribution in [2.75, 3.05) is 0 Å². The number of pyridine rings is 1. The van der Waals surface area contributed by atoms with Crippen LogP contribution in [0.3, 0.4) is 0 Å². The van der Waals surface area contributed by atoms with Crippen molar-refractivity contribution in [1.29, 1.82) is 0 Å². The van der Waals surface area contributed by atoms with Gasteiger partial charge in [0.15, 0.2) is 0 Å². The van der Waals surface area contributed by atoms with Crippen molar-refractivity contribution in [2.45, 2.75) is 33.1 Å². The summed E-state index contributed by atoms with van der Waals surface area (Å²) in [4.78, 5) is 13.6. The summed E-state index contributed by atoms with van der Waals surface area (Å²) in [5, 5.41) is 3.87. The Balaban J connectivity index is 0.000000157. The first-order valence-electron chi connectivity index (χ1n) is 11.0. The van der Waals surface area contributed by atoms with E-state index in [0.29, 0.717) is 5.41 Å². The molecule has 154 valence electrons. The molecule has 0 saturated carbocycles. The molecular formula is C29H27NO. The van der Waals surface area contributed by atoms with Gasteiger partial charge in [0, 0.05) is 11.6 Å². The number of aromatic amines is 1. The minimum atomic E-state index is -0.0521. The molecule has 6 rings (SSSR count). The minimum Gasteiger partial charge on any atom is -0.322 e. The Labute approximate surface area is 182 Å². The van der Waals surface area contributed by atoms with Gasteiger partial charge in [-0.3, -0.25) is 4.79 Å². The third-order valence-electron chi connectivity index (χ3n) is 6.64. The molecule has 0 spiro atoms. The molecule has 3 aromatic carbocycles. The standard InChI is InChI=1S/C20H20.C9H7NO/c1-20(2)13-5-8-18-17-10-9-14-6-3-4-7-15(14)16(17)11-12-19(18)20;11-9-6-5-7-3-1-2-4-8(7)10-9/h3-10H,11-13H2,1-2H3;1-6H,(H,10,11). The zero-order valence-corrected chi connectivity index (χ0v) is 18.1. The van der Waals surface area contributed by atoms with Crippen molar-refractivity contribution >= 4 is 27.2 Å². The Morgan fingerprint density at radius 3 is 2.42 bits per heavy atom. The summed E-state index contributed by atoms with van der Waals surface area (Å²) in [7, 11) is 0. The Bertz CT molecular complexity index is 1400. The van der Waals surface area contributed by atoms with Gasteiger partial charge in [0.1, 0.15) is 0 Å². The van der Waals surface area contributed by atoms with Gasteiger partial charge < -0.3 is 4.98 Å². The molecule has 0 amide bonds. The van der Waals surface area contributed by atoms with Crippen LogP contribution >= 0.6 is 0 Å². The van der Waals surface area contributed by atoms with E-state index in [-0.39, 0.29) is 5.56 Å². The van der Waals surface area contributed by atoms with Crippen LogP contribution in [0.1, 0.15) is 37.8 Å². The molecule has 0 radical (unpaired) electrons. The first-order valence-corrected chi connectivity index (χ1v) is 11.0. The zero-order chi connectivity index (χ0) is 21.4. The van der Waals surface area contributed by atoms with Crippen LogP contribution in [0, 0.1) is 5.41 Å². The van der Waals surface area contributed by atoms with E-state index in [4.69, 9.17) is 0 Å². The second-order valence-electron chi connectivity index (χ2n) is 9.11. The third kappa shape index (κ3) is 3.63. The molecule has 0 fully saturated rings. The molecule has 1 aromatic heterocycles. The summed E-state index contributed by atoms with van der Waals surface area (Å²) in [5.41, 5.74) is 7.32. The molecule has 0 saturated heterocycles. The van der Waals surface area contributed by atoms with Crippen molar-refractivity contribution in [2.24, 2.45) is 5.41 Å². The highest BCUT2D eigenvalue weighted by Crippen LogP contribution is 2.47. The molecule has 0 aliphatic heterocycles. The van der Waals surface area contributed by atoms with Crippen LogP contribution in [0.2, 0.25) is 0 Å². The lowest BCUT2D eigenvalue weighted by Gasteiger charge is -2.36. The van der Waals surface area contributed by atoms with Crippen molar-refractivity contribution in [3.05, 3.63) is 112 Å². The van der Waals surface area contributed by atoms with Crippen LogP contribution in [0.5, 0.6) is 0 Å². The lowest BCUT2D eigenvalue weighted by Crippen LogP contribution is -2.21. The van der Waals surface area contributed by atoms with Gasteiger partial charge in [-0.25, -0.2) is 0 Å². The highest BCUT2D eigenvalue weighted by atomic mass is 16.1. The molecular weight excluding hydrogens is 378 g/mol. The van der Waals surface area contributed by atoms with Gasteiger partial charge in [-0.1, -0.05) is 86.2 Å². The summed E-state index contributed by atoms with van der Waals surface area (Å²) in [6, 6.07) is 24.4. The molecule has 2 aliphatic rings. The van der Waals surface area contributed by atoms with Gasteiger partial charge in [-0.15, -0.1) is 0 Å². The molecule has 2 heteroatoms. The van der Waals surface area contributed by atoms with Crippen LogP contribution in [-0.2, 0) is 6.42 Å². The van der Waals surface area contributed by atoms with E-state index in [1.54, 1.807) is 11.1 Å². The zero-order valence-electron chi connectivity index (χ0n) is 18.1. The maximum absolute atomic E-state index is 10.8. The topological polar surface area (TPSA) is 32.9 Å². The number of fused-ring (bicyclic) bond motifs is 5. The average molecular weight is 406 g/mol. The number of aryl methyl sites for hydroxylation is 1. The van der Waals surface area contributed by atoms with E-state index >= 15 is 0 Å². The molecule has 31 heavy (non-hydrogen) atoms. The van der Waals surface area contributed by atoms with Crippen LogP contribution in [0.25, 0.3) is 27.2 Å². The Kier molecular flexibility index (Phi) is 4.86. The monoisotopic (exact) mass is 405 g/mol. The van der Waals surface area contributed by atoms with Gasteiger partial charge in [0.05, 0.1) is 0 Å². The van der Waals surface area contributed by atoms with E-state index < -0.39 is 0 Å². The molecule has 0 atom stereocenters. The predicted octanol–water partition coefficient (Wildman–Crippen LogP) is 7.05. The molecule has 0 bridgehead atoms. The number of para-hydroxylation sites is 1. The Morgan fingerprint density at radius 1 is 0.806 bits per heavy atom. The fourth-order valence-electron chi connectivity index (χ4n) is 4.99. The first kappa shape index (κ1) is 19.6. The van der Waals surface area contributed by atoms with Crippen LogP contribution in [-0.4, -0.2) is 4.98 Å². The highest BCUT2D eigenvalue weighted by Gasteiger charge is 2.31. The van der Waals surface area contributed by atoms with Crippen LogP contribution in [0.4, 0.5) is 0 Å². The summed E-state index contributed by atoms with van der Waals surface area (Å²) < 4.78 is 0. The predicted molar refractivity (Wildman–Crippen MR) is 131 cm³/mol. The second kappa shape index (κ2) is 7.70. The number of nitrogens with one attached hydrogen (secondary N) is 1. The number of benzene rings is 3. The first-order chi connectivity index (χ1) is 15.0. The summed E-state index contributed by atoms with van der Waals surface area (Å²) >= 11 is 0. The lowest BCUT2D eigenvalue weighted by atomic mass is 9.68. The average Bonchev–Trinajstić information content (AvgIpc) is 2.79. The van der Waals surface area contributed by atoms with E-state index in [9.17, 15) is 4.79 Å². The van der Waals surface area contributed by atoms with E-state index in [1.807, 2.05) is 30.3 Å². The van der Waals surface area contributed by atoms with E-state index in [2.05, 4.69) is 67.4 Å². The molecule has 0 unspecified atom stereocenters. The molecule has 2 aliphatic carbocycles. The van der Waals surface area contributed by atoms with Crippen LogP contribution < -0.4 is 5.56 Å². The smallest absolute Gasteiger partial charge is 0.248 e. The van der Waals surface area contributed by atoms with E-state index in [0.717, 1.165) is 10.9 Å². The van der Waals surface area contributed by atoms with Crippen LogP contribution in [0.15, 0.2) is 95.3 Å². The SMILES string of the molecule is CC1(C)CC=CC2=C1CCc1c2ccc2ccccc12.O=c1ccc2ccccc2[nH]1. The fourth-order valence-corrected chi connectivity index (χ4v) is 4.99. The van der Waals surface area contributed by atoms with Crippen molar-refractivity contribution in [3.8, 4) is 0 Å². The minimum absolute atomic E-state index is 0.0521. The number of aromatic nitrogens is 1. The maximum atomic E-state index is 10.8. The number of allylic oxidation sites excluding steroid dienone is 4. The van der Waals surface area contributed by atoms with E-state index in [1.165, 1.54) is 47.2 Å². The summed E-state index contributed by atoms with van der Waals surface area (Å²) in [6.45, 7) is 4.77. The number of H-pyrrole nitrogens is 1. The molecule has 1 heterocycles. The van der Waals surface area contributed by atoms with Gasteiger partial charge in [0.25, 0.3) is 0 Å². The van der Waals surface area contributed by atoms with Gasteiger partial charge in [-0.05, 0) is 69.7 Å². The highest BCUT2D eigenvalue weighted by molar-refractivity contribution is 5.94. The number of hydrogen-bond donors (Lipinski definition) is 1. The maximum Gasteiger partial charge on any atom is 0.248 e. The summed E-state index contributed by atoms with van der Waals surface area (Å²) in [6.07, 6.45) is 8.28. The van der Waals surface area contributed by atoms with Gasteiger partial charge in [0.2, 0.25) is 5.56 Å². The molecule has 2 nitrogen and oxygen atoms in total. The molecule has 1 N–H and O–H groups in total. The second-order valence-corrected chi connectivity index (χ2v) is 9.11. The Hall–Kier alpha value is -3.39.